The van der Waals surface area contributed by atoms with E-state index in [1.165, 1.54) is 5.56 Å². The first-order chi connectivity index (χ1) is 17.4. The Bertz CT molecular complexity index is 1220. The van der Waals surface area contributed by atoms with Gasteiger partial charge in [0.05, 0.1) is 12.6 Å². The molecule has 7 heteroatoms. The summed E-state index contributed by atoms with van der Waals surface area (Å²) in [6.45, 7) is 5.71. The maximum Gasteiger partial charge on any atom is 0.259 e. The number of aliphatic hydroxyl groups excluding tert-OH is 1. The number of rotatable bonds is 6. The zero-order valence-electron chi connectivity index (χ0n) is 21.0. The largest absolute Gasteiger partial charge is 0.472 e. The summed E-state index contributed by atoms with van der Waals surface area (Å²) < 4.78 is 6.39. The summed E-state index contributed by atoms with van der Waals surface area (Å²) in [4.78, 5) is 26.1. The Balaban J connectivity index is 1.63. The number of fused-ring (bicyclic) bond motifs is 1. The Kier molecular flexibility index (Phi) is 8.32. The molecular weight excluding hydrogens is 452 g/mol. The fourth-order valence-electron chi connectivity index (χ4n) is 4.24. The van der Waals surface area contributed by atoms with Gasteiger partial charge in [0.2, 0.25) is 5.88 Å². The van der Waals surface area contributed by atoms with Crippen LogP contribution in [0, 0.1) is 17.8 Å². The molecule has 0 radical (unpaired) electrons. The molecule has 0 saturated carbocycles. The van der Waals surface area contributed by atoms with Crippen LogP contribution >= 0.6 is 0 Å². The van der Waals surface area contributed by atoms with E-state index in [4.69, 9.17) is 4.74 Å². The average Bonchev–Trinajstić information content (AvgIpc) is 2.90. The van der Waals surface area contributed by atoms with E-state index in [2.05, 4.69) is 52.8 Å². The third-order valence-electron chi connectivity index (χ3n) is 6.32. The van der Waals surface area contributed by atoms with E-state index < -0.39 is 0 Å². The number of amides is 1. The predicted molar refractivity (Wildman–Crippen MR) is 138 cm³/mol. The molecule has 1 aromatic carbocycles. The average molecular weight is 485 g/mol. The second kappa shape index (κ2) is 11.8. The second-order valence-corrected chi connectivity index (χ2v) is 9.37. The van der Waals surface area contributed by atoms with Gasteiger partial charge < -0.3 is 14.7 Å². The molecule has 2 aromatic heterocycles. The van der Waals surface area contributed by atoms with Gasteiger partial charge >= 0.3 is 0 Å². The van der Waals surface area contributed by atoms with Crippen molar-refractivity contribution in [2.75, 3.05) is 26.7 Å². The van der Waals surface area contributed by atoms with E-state index in [1.54, 1.807) is 29.6 Å². The smallest absolute Gasteiger partial charge is 0.259 e. The van der Waals surface area contributed by atoms with Gasteiger partial charge in [-0.3, -0.25) is 14.7 Å². The van der Waals surface area contributed by atoms with Gasteiger partial charge in [0.15, 0.2) is 0 Å². The molecule has 7 nitrogen and oxygen atoms in total. The topological polar surface area (TPSA) is 78.8 Å². The van der Waals surface area contributed by atoms with Gasteiger partial charge in [-0.1, -0.05) is 49.1 Å². The van der Waals surface area contributed by atoms with Crippen LogP contribution in [0.2, 0.25) is 0 Å². The van der Waals surface area contributed by atoms with E-state index in [0.717, 1.165) is 12.1 Å². The Morgan fingerprint density at radius 1 is 1.17 bits per heavy atom. The van der Waals surface area contributed by atoms with Crippen molar-refractivity contribution in [1.82, 2.24) is 19.8 Å². The molecule has 0 spiro atoms. The Labute approximate surface area is 212 Å². The molecule has 4 rings (SSSR count). The number of benzene rings is 1. The number of hydrogen-bond acceptors (Lipinski definition) is 6. The number of carbonyl (C=O) groups excluding carboxylic acids is 1. The minimum Gasteiger partial charge on any atom is -0.472 e. The molecule has 186 valence electrons. The van der Waals surface area contributed by atoms with Crippen LogP contribution in [0.15, 0.2) is 67.1 Å². The quantitative estimate of drug-likeness (QED) is 0.542. The number of nitrogens with zero attached hydrogens (tertiary/aromatic N) is 4. The van der Waals surface area contributed by atoms with Gasteiger partial charge in [-0.15, -0.1) is 0 Å². The molecular formula is C29H32N4O3. The van der Waals surface area contributed by atoms with E-state index in [1.807, 2.05) is 37.3 Å². The monoisotopic (exact) mass is 484 g/mol. The highest BCUT2D eigenvalue weighted by Gasteiger charge is 2.34. The van der Waals surface area contributed by atoms with Crippen molar-refractivity contribution >= 4 is 5.91 Å². The van der Waals surface area contributed by atoms with Crippen LogP contribution in [0.25, 0.3) is 0 Å². The molecule has 3 atom stereocenters. The highest BCUT2D eigenvalue weighted by atomic mass is 16.5. The number of hydrogen-bond donors (Lipinski definition) is 1. The number of carbonyl (C=O) groups is 1. The normalized spacial score (nSPS) is 18.4. The number of aromatic nitrogens is 2. The summed E-state index contributed by atoms with van der Waals surface area (Å²) in [5.74, 6) is 6.24. The standard InChI is InChI=1S/C29H32N4O3/c1-21-17-33(22(2)20-34)29(35)26-14-25(12-11-23-10-7-13-30-15-23)16-31-28(26)36-27(21)19-32(3)18-24-8-5-4-6-9-24/h4-10,13-16,21-22,27,34H,17-20H2,1-3H3/t21-,22+,27-/m0/s1. The highest BCUT2D eigenvalue weighted by molar-refractivity contribution is 5.97. The molecule has 0 saturated heterocycles. The van der Waals surface area contributed by atoms with Crippen LogP contribution in [-0.4, -0.2) is 69.7 Å². The van der Waals surface area contributed by atoms with Crippen LogP contribution in [0.4, 0.5) is 0 Å². The van der Waals surface area contributed by atoms with E-state index in [0.29, 0.717) is 30.1 Å². The van der Waals surface area contributed by atoms with Gasteiger partial charge in [-0.05, 0) is 37.7 Å². The highest BCUT2D eigenvalue weighted by Crippen LogP contribution is 2.27. The number of pyridine rings is 2. The molecule has 36 heavy (non-hydrogen) atoms. The molecule has 0 fully saturated rings. The zero-order valence-corrected chi connectivity index (χ0v) is 21.0. The Morgan fingerprint density at radius 3 is 2.67 bits per heavy atom. The van der Waals surface area contributed by atoms with Crippen LogP contribution < -0.4 is 4.74 Å². The summed E-state index contributed by atoms with van der Waals surface area (Å²) in [6, 6.07) is 15.4. The maximum atomic E-state index is 13.6. The lowest BCUT2D eigenvalue weighted by Crippen LogP contribution is -2.49. The van der Waals surface area contributed by atoms with Gasteiger partial charge in [-0.2, -0.15) is 0 Å². The van der Waals surface area contributed by atoms with Gasteiger partial charge in [-0.25, -0.2) is 4.98 Å². The molecule has 3 heterocycles. The summed E-state index contributed by atoms with van der Waals surface area (Å²) in [5.41, 5.74) is 2.96. The fraction of sp³-hybridized carbons (Fsp3) is 0.345. The van der Waals surface area contributed by atoms with Gasteiger partial charge in [0.25, 0.3) is 5.91 Å². The Morgan fingerprint density at radius 2 is 1.94 bits per heavy atom. The molecule has 0 bridgehead atoms. The first-order valence-corrected chi connectivity index (χ1v) is 12.2. The van der Waals surface area contributed by atoms with Crippen LogP contribution in [0.1, 0.15) is 40.9 Å². The van der Waals surface area contributed by atoms with Crippen molar-refractivity contribution < 1.29 is 14.6 Å². The molecule has 1 N–H and O–H groups in total. The van der Waals surface area contributed by atoms with Crippen molar-refractivity contribution in [3.63, 3.8) is 0 Å². The summed E-state index contributed by atoms with van der Waals surface area (Å²) >= 11 is 0. The van der Waals surface area contributed by atoms with Crippen molar-refractivity contribution in [2.45, 2.75) is 32.5 Å². The van der Waals surface area contributed by atoms with Crippen LogP contribution in [0.5, 0.6) is 5.88 Å². The first kappa shape index (κ1) is 25.4. The van der Waals surface area contributed by atoms with Gasteiger partial charge in [0.1, 0.15) is 11.7 Å². The minimum atomic E-state index is -0.335. The minimum absolute atomic E-state index is 0.0289. The lowest BCUT2D eigenvalue weighted by atomic mass is 9.99. The summed E-state index contributed by atoms with van der Waals surface area (Å²) in [5, 5.41) is 9.86. The third-order valence-corrected chi connectivity index (χ3v) is 6.32. The van der Waals surface area contributed by atoms with E-state index in [9.17, 15) is 9.90 Å². The van der Waals surface area contributed by atoms with Crippen molar-refractivity contribution in [1.29, 1.82) is 0 Å². The lowest BCUT2D eigenvalue weighted by Gasteiger charge is -2.37. The maximum absolute atomic E-state index is 13.6. The molecule has 3 aromatic rings. The molecule has 0 unspecified atom stereocenters. The van der Waals surface area contributed by atoms with Crippen molar-refractivity contribution in [3.8, 4) is 17.7 Å². The van der Waals surface area contributed by atoms with Gasteiger partial charge in [0, 0.05) is 55.3 Å². The first-order valence-electron chi connectivity index (χ1n) is 12.2. The Hall–Kier alpha value is -3.73. The van der Waals surface area contributed by atoms with Crippen LogP contribution in [-0.2, 0) is 6.54 Å². The summed E-state index contributed by atoms with van der Waals surface area (Å²) in [6.07, 6.45) is 4.82. The van der Waals surface area contributed by atoms with Crippen LogP contribution in [0.3, 0.4) is 0 Å². The SMILES string of the molecule is C[C@H](CO)N1C[C@H](C)[C@H](CN(C)Cc2ccccc2)Oc2ncc(C#Cc3cccnc3)cc2C1=O. The predicted octanol–water partition coefficient (Wildman–Crippen LogP) is 3.23. The molecule has 1 aliphatic rings. The number of likely N-dealkylation sites (N-methyl/N-ethyl adjacent to an activating group) is 1. The summed E-state index contributed by atoms with van der Waals surface area (Å²) in [7, 11) is 2.06. The second-order valence-electron chi connectivity index (χ2n) is 9.37. The van der Waals surface area contributed by atoms with Crippen molar-refractivity contribution in [3.05, 3.63) is 89.4 Å². The zero-order chi connectivity index (χ0) is 25.5. The third kappa shape index (κ3) is 6.28. The number of aliphatic hydroxyl groups is 1. The molecule has 1 aliphatic heterocycles. The molecule has 0 aliphatic carbocycles. The molecule has 1 amide bonds. The fourth-order valence-corrected chi connectivity index (χ4v) is 4.24. The van der Waals surface area contributed by atoms with E-state index >= 15 is 0 Å². The van der Waals surface area contributed by atoms with Crippen molar-refractivity contribution in [2.24, 2.45) is 5.92 Å². The van der Waals surface area contributed by atoms with E-state index in [-0.39, 0.29) is 30.6 Å². The number of ether oxygens (including phenoxy) is 1. The lowest BCUT2D eigenvalue weighted by molar-refractivity contribution is 0.0325.